The first-order valence-corrected chi connectivity index (χ1v) is 9.22. The SMILES string of the molecule is O=C(c1cccnc1OC1CCOC1)N1CCC(Oc2cccnn2)CC1. The van der Waals surface area contributed by atoms with E-state index in [4.69, 9.17) is 14.2 Å². The highest BCUT2D eigenvalue weighted by atomic mass is 16.5. The van der Waals surface area contributed by atoms with Crippen LogP contribution in [0.15, 0.2) is 36.7 Å². The number of ether oxygens (including phenoxy) is 3. The molecule has 2 aromatic rings. The molecular weight excluding hydrogens is 348 g/mol. The van der Waals surface area contributed by atoms with Crippen LogP contribution in [0.2, 0.25) is 0 Å². The molecule has 2 aliphatic rings. The Morgan fingerprint density at radius 2 is 1.93 bits per heavy atom. The molecule has 0 bridgehead atoms. The molecule has 8 nitrogen and oxygen atoms in total. The molecule has 8 heteroatoms. The van der Waals surface area contributed by atoms with Crippen molar-refractivity contribution in [2.45, 2.75) is 31.5 Å². The maximum absolute atomic E-state index is 13.0. The molecule has 4 rings (SSSR count). The highest BCUT2D eigenvalue weighted by molar-refractivity contribution is 5.96. The summed E-state index contributed by atoms with van der Waals surface area (Å²) < 4.78 is 17.1. The molecule has 0 aromatic carbocycles. The molecule has 2 saturated heterocycles. The van der Waals surface area contributed by atoms with Crippen LogP contribution in [0.25, 0.3) is 0 Å². The molecule has 0 N–H and O–H groups in total. The van der Waals surface area contributed by atoms with Crippen molar-refractivity contribution in [3.63, 3.8) is 0 Å². The Hall–Kier alpha value is -2.74. The second-order valence-corrected chi connectivity index (χ2v) is 6.63. The Balaban J connectivity index is 1.36. The maximum atomic E-state index is 13.0. The lowest BCUT2D eigenvalue weighted by Gasteiger charge is -2.32. The Morgan fingerprint density at radius 3 is 2.67 bits per heavy atom. The third kappa shape index (κ3) is 4.33. The van der Waals surface area contributed by atoms with Crippen molar-refractivity contribution < 1.29 is 19.0 Å². The number of aromatic nitrogens is 3. The van der Waals surface area contributed by atoms with Crippen molar-refractivity contribution in [2.24, 2.45) is 0 Å². The molecule has 2 fully saturated rings. The number of nitrogens with zero attached hydrogens (tertiary/aromatic N) is 4. The number of piperidine rings is 1. The van der Waals surface area contributed by atoms with E-state index in [-0.39, 0.29) is 18.1 Å². The fourth-order valence-corrected chi connectivity index (χ4v) is 3.28. The monoisotopic (exact) mass is 370 g/mol. The van der Waals surface area contributed by atoms with Crippen molar-refractivity contribution >= 4 is 5.91 Å². The van der Waals surface area contributed by atoms with Gasteiger partial charge in [0.15, 0.2) is 0 Å². The van der Waals surface area contributed by atoms with Crippen LogP contribution in [0.4, 0.5) is 0 Å². The van der Waals surface area contributed by atoms with Gasteiger partial charge >= 0.3 is 0 Å². The Morgan fingerprint density at radius 1 is 1.07 bits per heavy atom. The van der Waals surface area contributed by atoms with Gasteiger partial charge in [-0.15, -0.1) is 5.10 Å². The van der Waals surface area contributed by atoms with E-state index in [1.54, 1.807) is 36.7 Å². The predicted octanol–water partition coefficient (Wildman–Crippen LogP) is 1.72. The number of rotatable bonds is 5. The standard InChI is InChI=1S/C19H22N4O4/c24-19(16-3-1-8-20-18(16)27-15-7-12-25-13-15)23-10-5-14(6-11-23)26-17-4-2-9-21-22-17/h1-4,8-9,14-15H,5-7,10-13H2. The molecule has 1 amide bonds. The molecule has 142 valence electrons. The summed E-state index contributed by atoms with van der Waals surface area (Å²) in [6.45, 7) is 2.45. The van der Waals surface area contributed by atoms with Gasteiger partial charge in [0.05, 0.1) is 13.2 Å². The van der Waals surface area contributed by atoms with Gasteiger partial charge in [-0.1, -0.05) is 0 Å². The van der Waals surface area contributed by atoms with E-state index in [0.717, 1.165) is 19.3 Å². The van der Waals surface area contributed by atoms with E-state index >= 15 is 0 Å². The summed E-state index contributed by atoms with van der Waals surface area (Å²) in [5, 5.41) is 7.76. The Labute approximate surface area is 157 Å². The maximum Gasteiger partial charge on any atom is 0.259 e. The normalized spacial score (nSPS) is 20.4. The molecule has 0 spiro atoms. The minimum Gasteiger partial charge on any atom is -0.473 e. The summed E-state index contributed by atoms with van der Waals surface area (Å²) in [6, 6.07) is 7.11. The van der Waals surface area contributed by atoms with Gasteiger partial charge in [-0.05, 0) is 18.2 Å². The molecule has 2 aliphatic heterocycles. The quantitative estimate of drug-likeness (QED) is 0.792. The fraction of sp³-hybridized carbons (Fsp3) is 0.474. The largest absolute Gasteiger partial charge is 0.473 e. The van der Waals surface area contributed by atoms with Gasteiger partial charge in [0, 0.05) is 50.8 Å². The zero-order chi connectivity index (χ0) is 18.5. The van der Waals surface area contributed by atoms with Crippen LogP contribution in [0.3, 0.4) is 0 Å². The number of pyridine rings is 1. The van der Waals surface area contributed by atoms with Crippen LogP contribution in [-0.4, -0.2) is 64.5 Å². The smallest absolute Gasteiger partial charge is 0.259 e. The lowest BCUT2D eigenvalue weighted by Crippen LogP contribution is -2.42. The minimum absolute atomic E-state index is 0.0333. The van der Waals surface area contributed by atoms with Crippen molar-refractivity contribution in [2.75, 3.05) is 26.3 Å². The number of hydrogen-bond acceptors (Lipinski definition) is 7. The van der Waals surface area contributed by atoms with Gasteiger partial charge in [-0.3, -0.25) is 4.79 Å². The van der Waals surface area contributed by atoms with Gasteiger partial charge in [-0.2, -0.15) is 5.10 Å². The molecule has 1 atom stereocenters. The topological polar surface area (TPSA) is 86.7 Å². The van der Waals surface area contributed by atoms with E-state index in [1.165, 1.54) is 0 Å². The minimum atomic E-state index is -0.0602. The number of amides is 1. The molecule has 0 radical (unpaired) electrons. The van der Waals surface area contributed by atoms with Gasteiger partial charge in [0.2, 0.25) is 11.8 Å². The lowest BCUT2D eigenvalue weighted by molar-refractivity contribution is 0.0577. The van der Waals surface area contributed by atoms with Crippen LogP contribution >= 0.6 is 0 Å². The van der Waals surface area contributed by atoms with E-state index in [0.29, 0.717) is 43.6 Å². The lowest BCUT2D eigenvalue weighted by atomic mass is 10.1. The van der Waals surface area contributed by atoms with Gasteiger partial charge in [0.25, 0.3) is 5.91 Å². The highest BCUT2D eigenvalue weighted by Crippen LogP contribution is 2.23. The third-order valence-electron chi connectivity index (χ3n) is 4.73. The first-order valence-electron chi connectivity index (χ1n) is 9.22. The average molecular weight is 370 g/mol. The second-order valence-electron chi connectivity index (χ2n) is 6.63. The summed E-state index contributed by atoms with van der Waals surface area (Å²) >= 11 is 0. The molecular formula is C19H22N4O4. The van der Waals surface area contributed by atoms with E-state index < -0.39 is 0 Å². The van der Waals surface area contributed by atoms with E-state index in [9.17, 15) is 4.79 Å². The Kier molecular flexibility index (Phi) is 5.43. The molecule has 0 saturated carbocycles. The fourth-order valence-electron chi connectivity index (χ4n) is 3.28. The summed E-state index contributed by atoms with van der Waals surface area (Å²) in [4.78, 5) is 19.1. The summed E-state index contributed by atoms with van der Waals surface area (Å²) in [7, 11) is 0. The second kappa shape index (κ2) is 8.30. The highest BCUT2D eigenvalue weighted by Gasteiger charge is 2.28. The van der Waals surface area contributed by atoms with E-state index in [1.807, 2.05) is 4.90 Å². The van der Waals surface area contributed by atoms with Crippen molar-refractivity contribution in [1.29, 1.82) is 0 Å². The van der Waals surface area contributed by atoms with Crippen LogP contribution in [-0.2, 0) is 4.74 Å². The first-order chi connectivity index (χ1) is 13.3. The number of hydrogen-bond donors (Lipinski definition) is 0. The van der Waals surface area contributed by atoms with Crippen LogP contribution in [0.5, 0.6) is 11.8 Å². The zero-order valence-electron chi connectivity index (χ0n) is 15.0. The first kappa shape index (κ1) is 17.7. The van der Waals surface area contributed by atoms with Gasteiger partial charge in [-0.25, -0.2) is 4.98 Å². The van der Waals surface area contributed by atoms with Crippen LogP contribution in [0, 0.1) is 0 Å². The molecule has 4 heterocycles. The van der Waals surface area contributed by atoms with Gasteiger partial charge < -0.3 is 19.1 Å². The predicted molar refractivity (Wildman–Crippen MR) is 95.7 cm³/mol. The van der Waals surface area contributed by atoms with Crippen LogP contribution in [0.1, 0.15) is 29.6 Å². The molecule has 2 aromatic heterocycles. The summed E-state index contributed by atoms with van der Waals surface area (Å²) in [5.41, 5.74) is 0.498. The number of carbonyl (C=O) groups excluding carboxylic acids is 1. The number of likely N-dealkylation sites (tertiary alicyclic amines) is 1. The van der Waals surface area contributed by atoms with Crippen molar-refractivity contribution in [3.8, 4) is 11.8 Å². The third-order valence-corrected chi connectivity index (χ3v) is 4.73. The Bertz CT molecular complexity index is 759. The molecule has 0 aliphatic carbocycles. The summed E-state index contributed by atoms with van der Waals surface area (Å²) in [5.74, 6) is 0.843. The van der Waals surface area contributed by atoms with Crippen molar-refractivity contribution in [1.82, 2.24) is 20.1 Å². The average Bonchev–Trinajstić information content (AvgIpc) is 3.22. The van der Waals surface area contributed by atoms with Crippen molar-refractivity contribution in [3.05, 3.63) is 42.2 Å². The molecule has 1 unspecified atom stereocenters. The molecule has 27 heavy (non-hydrogen) atoms. The number of carbonyl (C=O) groups is 1. The van der Waals surface area contributed by atoms with Gasteiger partial charge in [0.1, 0.15) is 17.8 Å². The zero-order valence-corrected chi connectivity index (χ0v) is 15.0. The summed E-state index contributed by atoms with van der Waals surface area (Å²) in [6.07, 6.45) is 5.55. The van der Waals surface area contributed by atoms with Crippen LogP contribution < -0.4 is 9.47 Å². The van der Waals surface area contributed by atoms with E-state index in [2.05, 4.69) is 15.2 Å².